The number of aromatic amines is 1. The summed E-state index contributed by atoms with van der Waals surface area (Å²) in [5.74, 6) is 1.34. The zero-order chi connectivity index (χ0) is 22.5. The number of halogens is 2. The molecular formula is C23H18Cl2N4O3. The quantitative estimate of drug-likeness (QED) is 0.285. The summed E-state index contributed by atoms with van der Waals surface area (Å²) in [6.45, 7) is 0.266. The number of anilines is 1. The molecule has 2 N–H and O–H groups in total. The lowest BCUT2D eigenvalue weighted by Gasteiger charge is -2.12. The summed E-state index contributed by atoms with van der Waals surface area (Å²) in [4.78, 5) is 19.1. The average Bonchev–Trinajstić information content (AvgIpc) is 2.79. The van der Waals surface area contributed by atoms with Gasteiger partial charge in [-0.1, -0.05) is 41.4 Å². The second kappa shape index (κ2) is 9.72. The Balaban J connectivity index is 1.45. The van der Waals surface area contributed by atoms with Crippen LogP contribution in [-0.4, -0.2) is 23.3 Å². The van der Waals surface area contributed by atoms with Gasteiger partial charge in [0.05, 0.1) is 24.2 Å². The molecule has 162 valence electrons. The summed E-state index contributed by atoms with van der Waals surface area (Å²) >= 11 is 12.1. The van der Waals surface area contributed by atoms with E-state index in [0.29, 0.717) is 32.4 Å². The average molecular weight is 469 g/mol. The van der Waals surface area contributed by atoms with Gasteiger partial charge in [-0.3, -0.25) is 9.78 Å². The van der Waals surface area contributed by atoms with E-state index in [1.165, 1.54) is 0 Å². The summed E-state index contributed by atoms with van der Waals surface area (Å²) in [5, 5.41) is 5.76. The molecule has 7 nitrogen and oxygen atoms in total. The van der Waals surface area contributed by atoms with Gasteiger partial charge in [-0.25, -0.2) is 10.4 Å². The number of nitrogens with one attached hydrogen (secondary N) is 2. The Morgan fingerprint density at radius 2 is 1.94 bits per heavy atom. The zero-order valence-corrected chi connectivity index (χ0v) is 18.4. The van der Waals surface area contributed by atoms with Crippen molar-refractivity contribution in [2.75, 3.05) is 12.5 Å². The SMILES string of the molecule is COc1cc(C=NNc2nc3ccccc3c(=O)[nH]2)ccc1OCc1ccc(Cl)cc1Cl. The highest BCUT2D eigenvalue weighted by Gasteiger charge is 2.08. The minimum Gasteiger partial charge on any atom is -0.493 e. The van der Waals surface area contributed by atoms with Crippen molar-refractivity contribution in [3.8, 4) is 11.5 Å². The van der Waals surface area contributed by atoms with Crippen LogP contribution in [0.1, 0.15) is 11.1 Å². The van der Waals surface area contributed by atoms with E-state index in [9.17, 15) is 4.79 Å². The number of hydrogen-bond acceptors (Lipinski definition) is 6. The second-order valence-electron chi connectivity index (χ2n) is 6.74. The molecule has 0 bridgehead atoms. The number of hydrazone groups is 1. The first kappa shape index (κ1) is 21.7. The summed E-state index contributed by atoms with van der Waals surface area (Å²) in [5.41, 5.74) is 4.65. The molecule has 0 radical (unpaired) electrons. The highest BCUT2D eigenvalue weighted by Crippen LogP contribution is 2.29. The second-order valence-corrected chi connectivity index (χ2v) is 7.58. The third-order valence-electron chi connectivity index (χ3n) is 4.58. The van der Waals surface area contributed by atoms with E-state index in [0.717, 1.165) is 11.1 Å². The first-order valence-corrected chi connectivity index (χ1v) is 10.3. The summed E-state index contributed by atoms with van der Waals surface area (Å²) in [7, 11) is 1.56. The Labute approximate surface area is 193 Å². The van der Waals surface area contributed by atoms with Gasteiger partial charge in [0.25, 0.3) is 5.56 Å². The van der Waals surface area contributed by atoms with Crippen LogP contribution in [0.5, 0.6) is 11.5 Å². The van der Waals surface area contributed by atoms with Crippen molar-refractivity contribution in [3.63, 3.8) is 0 Å². The van der Waals surface area contributed by atoms with E-state index < -0.39 is 0 Å². The van der Waals surface area contributed by atoms with Gasteiger partial charge in [0.2, 0.25) is 5.95 Å². The number of methoxy groups -OCH3 is 1. The lowest BCUT2D eigenvalue weighted by atomic mass is 10.2. The standard InChI is InChI=1S/C23H18Cl2N4O3/c1-31-21-10-14(6-9-20(21)32-13-15-7-8-16(24)11-18(15)25)12-26-29-23-27-19-5-3-2-4-17(19)22(30)28-23/h2-12H,13H2,1H3,(H2,27,28,29,30). The first-order valence-electron chi connectivity index (χ1n) is 9.56. The van der Waals surface area contributed by atoms with Crippen molar-refractivity contribution in [2.24, 2.45) is 5.10 Å². The highest BCUT2D eigenvalue weighted by atomic mass is 35.5. The van der Waals surface area contributed by atoms with Gasteiger partial charge >= 0.3 is 0 Å². The largest absolute Gasteiger partial charge is 0.493 e. The van der Waals surface area contributed by atoms with Crippen LogP contribution in [0.3, 0.4) is 0 Å². The number of benzene rings is 3. The number of para-hydroxylation sites is 1. The zero-order valence-electron chi connectivity index (χ0n) is 16.9. The number of fused-ring (bicyclic) bond motifs is 1. The van der Waals surface area contributed by atoms with Crippen LogP contribution >= 0.6 is 23.2 Å². The van der Waals surface area contributed by atoms with Crippen LogP contribution in [0.4, 0.5) is 5.95 Å². The first-order chi connectivity index (χ1) is 15.5. The van der Waals surface area contributed by atoms with Gasteiger partial charge in [-0.15, -0.1) is 0 Å². The van der Waals surface area contributed by atoms with Crippen molar-refractivity contribution in [1.82, 2.24) is 9.97 Å². The fourth-order valence-corrected chi connectivity index (χ4v) is 3.45. The molecule has 1 aromatic heterocycles. The summed E-state index contributed by atoms with van der Waals surface area (Å²) in [6.07, 6.45) is 1.58. The Morgan fingerprint density at radius 3 is 2.75 bits per heavy atom. The van der Waals surface area contributed by atoms with Crippen LogP contribution in [-0.2, 0) is 6.61 Å². The van der Waals surface area contributed by atoms with Crippen LogP contribution < -0.4 is 20.5 Å². The minimum absolute atomic E-state index is 0.239. The molecule has 4 aromatic rings. The van der Waals surface area contributed by atoms with Crippen LogP contribution in [0, 0.1) is 0 Å². The topological polar surface area (TPSA) is 88.6 Å². The van der Waals surface area contributed by atoms with Gasteiger partial charge < -0.3 is 9.47 Å². The van der Waals surface area contributed by atoms with Gasteiger partial charge in [0.15, 0.2) is 11.5 Å². The molecule has 0 fully saturated rings. The van der Waals surface area contributed by atoms with E-state index in [1.807, 2.05) is 18.2 Å². The van der Waals surface area contributed by atoms with Gasteiger partial charge in [-0.2, -0.15) is 5.10 Å². The molecule has 32 heavy (non-hydrogen) atoms. The van der Waals surface area contributed by atoms with Gasteiger partial charge in [-0.05, 0) is 48.0 Å². The maximum Gasteiger partial charge on any atom is 0.260 e. The number of aromatic nitrogens is 2. The van der Waals surface area contributed by atoms with Gasteiger partial charge in [0.1, 0.15) is 6.61 Å². The van der Waals surface area contributed by atoms with Crippen molar-refractivity contribution in [2.45, 2.75) is 6.61 Å². The molecule has 0 atom stereocenters. The molecule has 0 aliphatic rings. The van der Waals surface area contributed by atoms with E-state index in [-0.39, 0.29) is 18.1 Å². The van der Waals surface area contributed by atoms with E-state index in [2.05, 4.69) is 20.5 Å². The number of ether oxygens (including phenoxy) is 2. The molecule has 0 amide bonds. The van der Waals surface area contributed by atoms with Crippen molar-refractivity contribution < 1.29 is 9.47 Å². The number of nitrogens with zero attached hydrogens (tertiary/aromatic N) is 2. The molecule has 9 heteroatoms. The Hall–Kier alpha value is -3.55. The smallest absolute Gasteiger partial charge is 0.260 e. The van der Waals surface area contributed by atoms with E-state index >= 15 is 0 Å². The van der Waals surface area contributed by atoms with Crippen LogP contribution in [0.25, 0.3) is 10.9 Å². The third-order valence-corrected chi connectivity index (χ3v) is 5.17. The normalized spacial score (nSPS) is 11.1. The fourth-order valence-electron chi connectivity index (χ4n) is 2.99. The Morgan fingerprint density at radius 1 is 1.09 bits per heavy atom. The van der Waals surface area contributed by atoms with E-state index in [4.69, 9.17) is 32.7 Å². The molecule has 3 aromatic carbocycles. The third kappa shape index (κ3) is 5.01. The molecule has 0 aliphatic carbocycles. The predicted octanol–water partition coefficient (Wildman–Crippen LogP) is 5.26. The maximum absolute atomic E-state index is 12.1. The van der Waals surface area contributed by atoms with Crippen LogP contribution in [0.2, 0.25) is 10.0 Å². The molecule has 1 heterocycles. The predicted molar refractivity (Wildman–Crippen MR) is 127 cm³/mol. The lowest BCUT2D eigenvalue weighted by molar-refractivity contribution is 0.284. The number of rotatable bonds is 7. The van der Waals surface area contributed by atoms with Crippen molar-refractivity contribution >= 4 is 46.3 Å². The number of H-pyrrole nitrogens is 1. The highest BCUT2D eigenvalue weighted by molar-refractivity contribution is 6.35. The van der Waals surface area contributed by atoms with Gasteiger partial charge in [0, 0.05) is 15.6 Å². The molecule has 0 saturated heterocycles. The molecule has 0 aliphatic heterocycles. The van der Waals surface area contributed by atoms with Crippen molar-refractivity contribution in [1.29, 1.82) is 0 Å². The van der Waals surface area contributed by atoms with E-state index in [1.54, 1.807) is 55.8 Å². The monoisotopic (exact) mass is 468 g/mol. The molecule has 4 rings (SSSR count). The Kier molecular flexibility index (Phi) is 6.58. The van der Waals surface area contributed by atoms with Crippen molar-refractivity contribution in [3.05, 3.63) is 92.2 Å². The summed E-state index contributed by atoms with van der Waals surface area (Å²) in [6, 6.07) is 17.7. The fraction of sp³-hybridized carbons (Fsp3) is 0.0870. The molecule has 0 saturated carbocycles. The molecule has 0 unspecified atom stereocenters. The lowest BCUT2D eigenvalue weighted by Crippen LogP contribution is -2.10. The summed E-state index contributed by atoms with van der Waals surface area (Å²) < 4.78 is 11.3. The Bertz CT molecular complexity index is 1350. The number of hydrogen-bond donors (Lipinski definition) is 2. The molecular weight excluding hydrogens is 451 g/mol. The molecule has 0 spiro atoms. The minimum atomic E-state index is -0.239. The van der Waals surface area contributed by atoms with Crippen LogP contribution in [0.15, 0.2) is 70.6 Å². The maximum atomic E-state index is 12.1.